The van der Waals surface area contributed by atoms with Gasteiger partial charge in [-0.05, 0) is 30.4 Å². The van der Waals surface area contributed by atoms with Gasteiger partial charge in [-0.2, -0.15) is 0 Å². The number of benzene rings is 1. The van der Waals surface area contributed by atoms with Gasteiger partial charge in [-0.15, -0.1) is 10.2 Å². The molecule has 3 rings (SSSR count). The molecule has 1 aliphatic carbocycles. The van der Waals surface area contributed by atoms with Gasteiger partial charge in [-0.1, -0.05) is 42.5 Å². The van der Waals surface area contributed by atoms with Crippen molar-refractivity contribution in [3.05, 3.63) is 40.4 Å². The van der Waals surface area contributed by atoms with E-state index in [4.69, 9.17) is 0 Å². The number of amides is 2. The molecule has 0 spiro atoms. The molecule has 1 heterocycles. The van der Waals surface area contributed by atoms with Crippen molar-refractivity contribution in [2.45, 2.75) is 38.1 Å². The van der Waals surface area contributed by atoms with Crippen LogP contribution in [0.2, 0.25) is 0 Å². The van der Waals surface area contributed by atoms with Crippen molar-refractivity contribution >= 4 is 22.5 Å². The molecule has 3 N–H and O–H groups in total. The molecule has 0 saturated carbocycles. The first-order valence-electron chi connectivity index (χ1n) is 7.77. The number of fused-ring (bicyclic) bond motifs is 1. The van der Waals surface area contributed by atoms with Crippen LogP contribution in [0.1, 0.15) is 35.9 Å². The Morgan fingerprint density at radius 1 is 1.39 bits per heavy atom. The number of carbonyl (C=O) groups excluding carboxylic acids is 1. The molecule has 1 atom stereocenters. The lowest BCUT2D eigenvalue weighted by Gasteiger charge is -2.29. The summed E-state index contributed by atoms with van der Waals surface area (Å²) in [7, 11) is 0. The molecule has 122 valence electrons. The molecule has 0 radical (unpaired) electrons. The first kappa shape index (κ1) is 15.9. The standard InChI is InChI=1S/C16H20N4O2S/c1-2-5-13-19-20-15(23-13)17-14(22)18-16(10-21)9-8-11-6-3-4-7-12(11)16/h3-4,6-7,21H,2,5,8-10H2,1H3,(H2,17,18,20,22). The van der Waals surface area contributed by atoms with Gasteiger partial charge in [0, 0.05) is 6.42 Å². The third-order valence-corrected chi connectivity index (χ3v) is 5.03. The van der Waals surface area contributed by atoms with E-state index in [-0.39, 0.29) is 12.6 Å². The predicted octanol–water partition coefficient (Wildman–Crippen LogP) is 2.45. The van der Waals surface area contributed by atoms with Gasteiger partial charge >= 0.3 is 6.03 Å². The largest absolute Gasteiger partial charge is 0.394 e. The molecule has 23 heavy (non-hydrogen) atoms. The average Bonchev–Trinajstić information content (AvgIpc) is 3.14. The van der Waals surface area contributed by atoms with Crippen molar-refractivity contribution in [2.24, 2.45) is 0 Å². The zero-order valence-corrected chi connectivity index (χ0v) is 13.8. The Morgan fingerprint density at radius 3 is 3.00 bits per heavy atom. The number of aliphatic hydroxyl groups excluding tert-OH is 1. The number of nitrogens with one attached hydrogen (secondary N) is 2. The highest BCUT2D eigenvalue weighted by molar-refractivity contribution is 7.15. The Balaban J connectivity index is 1.71. The second kappa shape index (κ2) is 6.64. The van der Waals surface area contributed by atoms with Crippen LogP contribution in [0.15, 0.2) is 24.3 Å². The lowest BCUT2D eigenvalue weighted by molar-refractivity contribution is 0.164. The van der Waals surface area contributed by atoms with Crippen LogP contribution in [0, 0.1) is 0 Å². The molecule has 7 heteroatoms. The van der Waals surface area contributed by atoms with Crippen molar-refractivity contribution in [3.8, 4) is 0 Å². The van der Waals surface area contributed by atoms with Crippen LogP contribution in [-0.2, 0) is 18.4 Å². The van der Waals surface area contributed by atoms with Gasteiger partial charge in [0.1, 0.15) is 5.01 Å². The van der Waals surface area contributed by atoms with Crippen LogP contribution in [-0.4, -0.2) is 27.9 Å². The molecule has 1 unspecified atom stereocenters. The third-order valence-electron chi connectivity index (χ3n) is 4.13. The van der Waals surface area contributed by atoms with Crippen LogP contribution in [0.5, 0.6) is 0 Å². The molecule has 1 aromatic heterocycles. The number of aryl methyl sites for hydroxylation is 2. The summed E-state index contributed by atoms with van der Waals surface area (Å²) in [5, 5.41) is 24.9. The van der Waals surface area contributed by atoms with Crippen LogP contribution in [0.4, 0.5) is 9.93 Å². The highest BCUT2D eigenvalue weighted by Gasteiger charge is 2.39. The van der Waals surface area contributed by atoms with E-state index in [2.05, 4.69) is 27.8 Å². The predicted molar refractivity (Wildman–Crippen MR) is 89.6 cm³/mol. The molecule has 6 nitrogen and oxygen atoms in total. The molecule has 0 aliphatic heterocycles. The SMILES string of the molecule is CCCc1nnc(NC(=O)NC2(CO)CCc3ccccc32)s1. The maximum Gasteiger partial charge on any atom is 0.321 e. The first-order valence-corrected chi connectivity index (χ1v) is 8.59. The number of carbonyl (C=O) groups is 1. The van der Waals surface area contributed by atoms with Crippen molar-refractivity contribution in [1.82, 2.24) is 15.5 Å². The van der Waals surface area contributed by atoms with Gasteiger partial charge in [0.15, 0.2) is 0 Å². The molecule has 1 aromatic carbocycles. The van der Waals surface area contributed by atoms with E-state index in [1.54, 1.807) is 0 Å². The summed E-state index contributed by atoms with van der Waals surface area (Å²) >= 11 is 1.38. The summed E-state index contributed by atoms with van der Waals surface area (Å²) in [6.07, 6.45) is 3.38. The van der Waals surface area contributed by atoms with Gasteiger partial charge in [0.2, 0.25) is 5.13 Å². The Hall–Kier alpha value is -1.99. The average molecular weight is 332 g/mol. The fraction of sp³-hybridized carbons (Fsp3) is 0.438. The number of hydrogen-bond donors (Lipinski definition) is 3. The van der Waals surface area contributed by atoms with Gasteiger partial charge in [0.05, 0.1) is 12.1 Å². The topological polar surface area (TPSA) is 87.1 Å². The van der Waals surface area contributed by atoms with Crippen LogP contribution in [0.3, 0.4) is 0 Å². The minimum Gasteiger partial charge on any atom is -0.394 e. The number of anilines is 1. The van der Waals surface area contributed by atoms with Gasteiger partial charge < -0.3 is 10.4 Å². The molecular formula is C16H20N4O2S. The van der Waals surface area contributed by atoms with E-state index in [9.17, 15) is 9.90 Å². The molecule has 2 aromatic rings. The lowest BCUT2D eigenvalue weighted by atomic mass is 9.93. The maximum absolute atomic E-state index is 12.3. The molecular weight excluding hydrogens is 312 g/mol. The Kier molecular flexibility index (Phi) is 4.58. The maximum atomic E-state index is 12.3. The van der Waals surface area contributed by atoms with Gasteiger partial charge in [-0.3, -0.25) is 5.32 Å². The number of urea groups is 1. The van der Waals surface area contributed by atoms with E-state index in [0.29, 0.717) is 11.6 Å². The molecule has 0 saturated heterocycles. The summed E-state index contributed by atoms with van der Waals surface area (Å²) < 4.78 is 0. The zero-order chi connectivity index (χ0) is 16.3. The number of aliphatic hydroxyl groups is 1. The number of aromatic nitrogens is 2. The highest BCUT2D eigenvalue weighted by atomic mass is 32.1. The molecule has 0 bridgehead atoms. The summed E-state index contributed by atoms with van der Waals surface area (Å²) in [6, 6.07) is 7.53. The van der Waals surface area contributed by atoms with Crippen LogP contribution < -0.4 is 10.6 Å². The Bertz CT molecular complexity index is 703. The summed E-state index contributed by atoms with van der Waals surface area (Å²) in [4.78, 5) is 12.3. The van der Waals surface area contributed by atoms with E-state index < -0.39 is 5.54 Å². The number of rotatable bonds is 5. The van der Waals surface area contributed by atoms with Crippen molar-refractivity contribution in [3.63, 3.8) is 0 Å². The van der Waals surface area contributed by atoms with E-state index in [0.717, 1.165) is 29.8 Å². The highest BCUT2D eigenvalue weighted by Crippen LogP contribution is 2.36. The number of nitrogens with zero attached hydrogens (tertiary/aromatic N) is 2. The minimum atomic E-state index is -0.725. The van der Waals surface area contributed by atoms with Gasteiger partial charge in [0.25, 0.3) is 0 Å². The Labute approximate surface area is 139 Å². The van der Waals surface area contributed by atoms with Crippen LogP contribution in [0.25, 0.3) is 0 Å². The monoisotopic (exact) mass is 332 g/mol. The van der Waals surface area contributed by atoms with E-state index in [1.165, 1.54) is 16.9 Å². The van der Waals surface area contributed by atoms with Crippen molar-refractivity contribution in [2.75, 3.05) is 11.9 Å². The molecule has 0 fully saturated rings. The van der Waals surface area contributed by atoms with Gasteiger partial charge in [-0.25, -0.2) is 4.79 Å². The summed E-state index contributed by atoms with van der Waals surface area (Å²) in [6.45, 7) is 1.94. The molecule has 2 amide bonds. The lowest BCUT2D eigenvalue weighted by Crippen LogP contribution is -2.48. The first-order chi connectivity index (χ1) is 11.2. The van der Waals surface area contributed by atoms with E-state index in [1.807, 2.05) is 24.3 Å². The normalized spacial score (nSPS) is 19.4. The summed E-state index contributed by atoms with van der Waals surface area (Å²) in [5.74, 6) is 0. The Morgan fingerprint density at radius 2 is 2.22 bits per heavy atom. The minimum absolute atomic E-state index is 0.130. The number of hydrogen-bond acceptors (Lipinski definition) is 5. The van der Waals surface area contributed by atoms with Crippen molar-refractivity contribution in [1.29, 1.82) is 0 Å². The fourth-order valence-electron chi connectivity index (χ4n) is 2.99. The van der Waals surface area contributed by atoms with Crippen molar-refractivity contribution < 1.29 is 9.90 Å². The fourth-order valence-corrected chi connectivity index (χ4v) is 3.82. The zero-order valence-electron chi connectivity index (χ0n) is 13.0. The third kappa shape index (κ3) is 3.20. The molecule has 1 aliphatic rings. The van der Waals surface area contributed by atoms with E-state index >= 15 is 0 Å². The second-order valence-electron chi connectivity index (χ2n) is 5.73. The smallest absolute Gasteiger partial charge is 0.321 e. The summed E-state index contributed by atoms with van der Waals surface area (Å²) in [5.41, 5.74) is 1.43. The second-order valence-corrected chi connectivity index (χ2v) is 6.79. The van der Waals surface area contributed by atoms with Crippen LogP contribution >= 0.6 is 11.3 Å². The quantitative estimate of drug-likeness (QED) is 0.785.